The first-order valence-corrected chi connectivity index (χ1v) is 8.41. The van der Waals surface area contributed by atoms with E-state index in [2.05, 4.69) is 10.3 Å². The van der Waals surface area contributed by atoms with Gasteiger partial charge < -0.3 is 10.2 Å². The molecule has 1 heterocycles. The lowest BCUT2D eigenvalue weighted by Crippen LogP contribution is -2.27. The van der Waals surface area contributed by atoms with Gasteiger partial charge in [0.15, 0.2) is 0 Å². The third-order valence-corrected chi connectivity index (χ3v) is 4.40. The molecule has 3 rings (SSSR count). The summed E-state index contributed by atoms with van der Waals surface area (Å²) in [5, 5.41) is 4.19. The van der Waals surface area contributed by atoms with Crippen molar-refractivity contribution >= 4 is 22.6 Å². The van der Waals surface area contributed by atoms with Crippen LogP contribution in [0.4, 0.5) is 5.82 Å². The van der Waals surface area contributed by atoms with Gasteiger partial charge in [-0.3, -0.25) is 4.79 Å². The highest BCUT2D eigenvalue weighted by molar-refractivity contribution is 5.96. The molecular weight excluding hydrogens is 310 g/mol. The number of aromatic nitrogens is 1. The fourth-order valence-corrected chi connectivity index (χ4v) is 2.95. The van der Waals surface area contributed by atoms with Gasteiger partial charge in [0.05, 0.1) is 11.6 Å². The first kappa shape index (κ1) is 17.0. The molecule has 4 nitrogen and oxygen atoms in total. The molecule has 128 valence electrons. The van der Waals surface area contributed by atoms with E-state index in [1.807, 2.05) is 87.4 Å². The second-order valence-electron chi connectivity index (χ2n) is 6.49. The molecule has 0 unspecified atom stereocenters. The number of benzene rings is 2. The predicted molar refractivity (Wildman–Crippen MR) is 103 cm³/mol. The lowest BCUT2D eigenvalue weighted by molar-refractivity contribution is 0.0939. The monoisotopic (exact) mass is 333 g/mol. The van der Waals surface area contributed by atoms with Crippen LogP contribution < -0.4 is 10.2 Å². The number of fused-ring (bicyclic) bond motifs is 1. The second kappa shape index (κ2) is 6.93. The van der Waals surface area contributed by atoms with Crippen LogP contribution in [0, 0.1) is 6.92 Å². The van der Waals surface area contributed by atoms with Crippen LogP contribution in [0.2, 0.25) is 0 Å². The molecule has 0 spiro atoms. The lowest BCUT2D eigenvalue weighted by Gasteiger charge is -2.20. The van der Waals surface area contributed by atoms with E-state index in [0.29, 0.717) is 5.56 Å². The minimum Gasteiger partial charge on any atom is -0.363 e. The quantitative estimate of drug-likeness (QED) is 0.782. The molecule has 0 aliphatic rings. The van der Waals surface area contributed by atoms with Crippen molar-refractivity contribution in [3.8, 4) is 0 Å². The fourth-order valence-electron chi connectivity index (χ4n) is 2.95. The summed E-state index contributed by atoms with van der Waals surface area (Å²) >= 11 is 0. The molecule has 1 N–H and O–H groups in total. The molecule has 0 saturated heterocycles. The molecule has 25 heavy (non-hydrogen) atoms. The van der Waals surface area contributed by atoms with Crippen molar-refractivity contribution < 1.29 is 4.79 Å². The van der Waals surface area contributed by atoms with Crippen LogP contribution in [-0.2, 0) is 0 Å². The summed E-state index contributed by atoms with van der Waals surface area (Å²) in [6.45, 7) is 3.96. The molecule has 0 fully saturated rings. The Kier molecular flexibility index (Phi) is 4.70. The van der Waals surface area contributed by atoms with E-state index in [9.17, 15) is 4.79 Å². The van der Waals surface area contributed by atoms with Crippen molar-refractivity contribution in [2.24, 2.45) is 0 Å². The number of aryl methyl sites for hydroxylation is 1. The number of hydrogen-bond acceptors (Lipinski definition) is 3. The second-order valence-corrected chi connectivity index (χ2v) is 6.49. The number of nitrogens with zero attached hydrogens (tertiary/aromatic N) is 2. The number of amides is 1. The molecular formula is C21H23N3O. The largest absolute Gasteiger partial charge is 0.363 e. The van der Waals surface area contributed by atoms with E-state index < -0.39 is 0 Å². The van der Waals surface area contributed by atoms with Gasteiger partial charge >= 0.3 is 0 Å². The molecule has 0 bridgehead atoms. The summed E-state index contributed by atoms with van der Waals surface area (Å²) in [5.74, 6) is 0.823. The molecule has 2 aromatic carbocycles. The van der Waals surface area contributed by atoms with Gasteiger partial charge in [0.2, 0.25) is 0 Å². The zero-order chi connectivity index (χ0) is 18.0. The normalized spacial score (nSPS) is 12.0. The van der Waals surface area contributed by atoms with Gasteiger partial charge in [0.1, 0.15) is 5.82 Å². The Bertz CT molecular complexity index is 918. The van der Waals surface area contributed by atoms with Crippen LogP contribution in [0.25, 0.3) is 10.9 Å². The first-order chi connectivity index (χ1) is 12.0. The van der Waals surface area contributed by atoms with Crippen molar-refractivity contribution in [2.75, 3.05) is 19.0 Å². The summed E-state index contributed by atoms with van der Waals surface area (Å²) in [5.41, 5.74) is 3.68. The Morgan fingerprint density at radius 2 is 1.76 bits per heavy atom. The summed E-state index contributed by atoms with van der Waals surface area (Å²) in [7, 11) is 3.94. The molecule has 0 radical (unpaired) electrons. The van der Waals surface area contributed by atoms with E-state index in [1.54, 1.807) is 0 Å². The summed E-state index contributed by atoms with van der Waals surface area (Å²) in [6, 6.07) is 17.6. The third kappa shape index (κ3) is 3.48. The van der Waals surface area contributed by atoms with Gasteiger partial charge in [-0.15, -0.1) is 0 Å². The van der Waals surface area contributed by atoms with Crippen molar-refractivity contribution in [3.63, 3.8) is 0 Å². The van der Waals surface area contributed by atoms with Crippen LogP contribution in [-0.4, -0.2) is 25.0 Å². The topological polar surface area (TPSA) is 45.2 Å². The minimum atomic E-state index is -0.126. The maximum absolute atomic E-state index is 12.7. The number of pyridine rings is 1. The maximum Gasteiger partial charge on any atom is 0.252 e. The van der Waals surface area contributed by atoms with E-state index in [4.69, 9.17) is 0 Å². The number of hydrogen-bond donors (Lipinski definition) is 1. The van der Waals surface area contributed by atoms with Gasteiger partial charge in [0, 0.05) is 25.0 Å². The predicted octanol–water partition coefficient (Wildman–Crippen LogP) is 4.10. The third-order valence-electron chi connectivity index (χ3n) is 4.40. The maximum atomic E-state index is 12.7. The molecule has 0 aliphatic heterocycles. The molecule has 0 saturated carbocycles. The number of anilines is 1. The molecule has 0 aliphatic carbocycles. The highest BCUT2D eigenvalue weighted by Gasteiger charge is 2.17. The van der Waals surface area contributed by atoms with Crippen LogP contribution in [0.3, 0.4) is 0 Å². The van der Waals surface area contributed by atoms with Gasteiger partial charge in [0.25, 0.3) is 5.91 Å². The molecule has 1 amide bonds. The Morgan fingerprint density at radius 1 is 1.08 bits per heavy atom. The number of carbonyl (C=O) groups is 1. The smallest absolute Gasteiger partial charge is 0.252 e. The van der Waals surface area contributed by atoms with Gasteiger partial charge in [-0.2, -0.15) is 0 Å². The average Bonchev–Trinajstić information content (AvgIpc) is 2.60. The van der Waals surface area contributed by atoms with Crippen molar-refractivity contribution in [1.29, 1.82) is 0 Å². The van der Waals surface area contributed by atoms with E-state index in [1.165, 1.54) is 0 Å². The lowest BCUT2D eigenvalue weighted by atomic mass is 10.0. The molecule has 1 aromatic heterocycles. The molecule has 4 heteroatoms. The van der Waals surface area contributed by atoms with E-state index >= 15 is 0 Å². The first-order valence-electron chi connectivity index (χ1n) is 8.41. The highest BCUT2D eigenvalue weighted by Crippen LogP contribution is 2.27. The van der Waals surface area contributed by atoms with Crippen LogP contribution in [0.15, 0.2) is 54.6 Å². The fraction of sp³-hybridized carbons (Fsp3) is 0.238. The Labute approximate surface area is 148 Å². The number of nitrogens with one attached hydrogen (secondary N) is 1. The Balaban J connectivity index is 1.98. The van der Waals surface area contributed by atoms with Crippen LogP contribution >= 0.6 is 0 Å². The van der Waals surface area contributed by atoms with E-state index in [0.717, 1.165) is 27.8 Å². The van der Waals surface area contributed by atoms with Crippen LogP contribution in [0.1, 0.15) is 34.5 Å². The Hall–Kier alpha value is -2.88. The Morgan fingerprint density at radius 3 is 2.48 bits per heavy atom. The van der Waals surface area contributed by atoms with Crippen molar-refractivity contribution in [2.45, 2.75) is 19.9 Å². The zero-order valence-electron chi connectivity index (χ0n) is 15.1. The van der Waals surface area contributed by atoms with Crippen LogP contribution in [0.5, 0.6) is 0 Å². The van der Waals surface area contributed by atoms with Gasteiger partial charge in [-0.25, -0.2) is 4.98 Å². The average molecular weight is 333 g/mol. The standard InChI is InChI=1S/C21H23N3O/c1-14-9-5-6-10-16(14)21(25)22-15(2)18-13-20(24(3)4)23-19-12-8-7-11-17(18)19/h5-13,15H,1-4H3,(H,22,25)/t15-/m1/s1. The number of para-hydroxylation sites is 1. The number of rotatable bonds is 4. The SMILES string of the molecule is Cc1ccccc1C(=O)N[C@H](C)c1cc(N(C)C)nc2ccccc12. The van der Waals surface area contributed by atoms with E-state index in [-0.39, 0.29) is 11.9 Å². The number of carbonyl (C=O) groups excluding carboxylic acids is 1. The van der Waals surface area contributed by atoms with Gasteiger partial charge in [-0.1, -0.05) is 36.4 Å². The van der Waals surface area contributed by atoms with Crippen molar-refractivity contribution in [3.05, 3.63) is 71.3 Å². The highest BCUT2D eigenvalue weighted by atomic mass is 16.1. The molecule has 1 atom stereocenters. The zero-order valence-corrected chi connectivity index (χ0v) is 15.1. The van der Waals surface area contributed by atoms with Crippen molar-refractivity contribution in [1.82, 2.24) is 10.3 Å². The summed E-state index contributed by atoms with van der Waals surface area (Å²) < 4.78 is 0. The molecule has 3 aromatic rings. The summed E-state index contributed by atoms with van der Waals surface area (Å²) in [6.07, 6.45) is 0. The minimum absolute atomic E-state index is 0.0575. The van der Waals surface area contributed by atoms with Gasteiger partial charge in [-0.05, 0) is 43.2 Å². The summed E-state index contributed by atoms with van der Waals surface area (Å²) in [4.78, 5) is 19.3.